The highest BCUT2D eigenvalue weighted by Crippen LogP contribution is 2.28. The molecule has 2 heterocycles. The summed E-state index contributed by atoms with van der Waals surface area (Å²) < 4.78 is 0. The summed E-state index contributed by atoms with van der Waals surface area (Å²) in [7, 11) is 0. The molecule has 6 heteroatoms. The minimum absolute atomic E-state index is 0.148. The zero-order valence-electron chi connectivity index (χ0n) is 17.6. The van der Waals surface area contributed by atoms with Crippen molar-refractivity contribution in [2.24, 2.45) is 0 Å². The van der Waals surface area contributed by atoms with E-state index in [1.54, 1.807) is 30.4 Å². The lowest BCUT2D eigenvalue weighted by molar-refractivity contribution is 0.102. The maximum atomic E-state index is 12.7. The molecule has 0 radical (unpaired) electrons. The number of carbonyl (C=O) groups excluding carboxylic acids is 1. The van der Waals surface area contributed by atoms with Crippen LogP contribution in [0.5, 0.6) is 0 Å². The first-order valence-electron chi connectivity index (χ1n) is 10.4. The third-order valence-electron chi connectivity index (χ3n) is 5.07. The molecule has 1 amide bonds. The predicted octanol–water partition coefficient (Wildman–Crippen LogP) is 6.78. The molecule has 2 aromatic heterocycles. The first-order valence-corrected chi connectivity index (χ1v) is 11.3. The van der Waals surface area contributed by atoms with Gasteiger partial charge in [0.25, 0.3) is 5.91 Å². The van der Waals surface area contributed by atoms with E-state index in [2.05, 4.69) is 20.6 Å². The fourth-order valence-corrected chi connectivity index (χ4v) is 4.22. The summed E-state index contributed by atoms with van der Waals surface area (Å²) in [6, 6.07) is 29.1. The maximum Gasteiger partial charge on any atom is 0.255 e. The normalized spacial score (nSPS) is 10.7. The van der Waals surface area contributed by atoms with Crippen LogP contribution >= 0.6 is 11.8 Å². The molecule has 0 saturated heterocycles. The van der Waals surface area contributed by atoms with Crippen LogP contribution in [0.15, 0.2) is 119 Å². The highest BCUT2D eigenvalue weighted by atomic mass is 32.2. The lowest BCUT2D eigenvalue weighted by Gasteiger charge is -2.10. The van der Waals surface area contributed by atoms with Gasteiger partial charge in [0, 0.05) is 56.4 Å². The molecular formula is C27H20N4OS. The molecule has 3 aromatic carbocycles. The van der Waals surface area contributed by atoms with Crippen LogP contribution in [-0.4, -0.2) is 15.9 Å². The average molecular weight is 449 g/mol. The van der Waals surface area contributed by atoms with Gasteiger partial charge in [0.15, 0.2) is 0 Å². The van der Waals surface area contributed by atoms with Crippen molar-refractivity contribution in [1.82, 2.24) is 9.97 Å². The summed E-state index contributed by atoms with van der Waals surface area (Å²) in [6.45, 7) is 0. The molecular weight excluding hydrogens is 428 g/mol. The molecule has 0 aliphatic heterocycles. The number of nitrogens with zero attached hydrogens (tertiary/aromatic N) is 2. The molecule has 160 valence electrons. The Hall–Kier alpha value is -4.16. The van der Waals surface area contributed by atoms with E-state index in [-0.39, 0.29) is 5.91 Å². The van der Waals surface area contributed by atoms with E-state index in [1.807, 2.05) is 91.0 Å². The van der Waals surface area contributed by atoms with Crippen molar-refractivity contribution in [1.29, 1.82) is 0 Å². The van der Waals surface area contributed by atoms with Crippen LogP contribution in [0.4, 0.5) is 17.1 Å². The quantitative estimate of drug-likeness (QED) is 0.300. The van der Waals surface area contributed by atoms with E-state index >= 15 is 0 Å². The first kappa shape index (κ1) is 20.7. The second-order valence-corrected chi connectivity index (χ2v) is 8.49. The average Bonchev–Trinajstić information content (AvgIpc) is 2.86. The van der Waals surface area contributed by atoms with Crippen molar-refractivity contribution in [2.75, 3.05) is 10.6 Å². The summed E-state index contributed by atoms with van der Waals surface area (Å²) in [4.78, 5) is 23.3. The van der Waals surface area contributed by atoms with Crippen LogP contribution in [0.2, 0.25) is 0 Å². The number of carbonyl (C=O) groups is 1. The number of para-hydroxylation sites is 1. The lowest BCUT2D eigenvalue weighted by atomic mass is 10.1. The van der Waals surface area contributed by atoms with Gasteiger partial charge in [-0.1, -0.05) is 30.0 Å². The van der Waals surface area contributed by atoms with Crippen molar-refractivity contribution in [3.63, 3.8) is 0 Å². The largest absolute Gasteiger partial charge is 0.355 e. The van der Waals surface area contributed by atoms with E-state index in [4.69, 9.17) is 0 Å². The van der Waals surface area contributed by atoms with Gasteiger partial charge in [-0.05, 0) is 72.8 Å². The van der Waals surface area contributed by atoms with E-state index in [0.717, 1.165) is 37.8 Å². The number of rotatable bonds is 6. The summed E-state index contributed by atoms with van der Waals surface area (Å²) in [6.07, 6.45) is 5.33. The molecule has 0 atom stereocenters. The zero-order chi connectivity index (χ0) is 22.5. The smallest absolute Gasteiger partial charge is 0.255 e. The Balaban J connectivity index is 1.23. The minimum atomic E-state index is -0.148. The Labute approximate surface area is 195 Å². The van der Waals surface area contributed by atoms with Gasteiger partial charge < -0.3 is 10.6 Å². The van der Waals surface area contributed by atoms with Crippen LogP contribution in [0.25, 0.3) is 10.9 Å². The topological polar surface area (TPSA) is 66.9 Å². The summed E-state index contributed by atoms with van der Waals surface area (Å²) >= 11 is 1.65. The van der Waals surface area contributed by atoms with E-state index < -0.39 is 0 Å². The number of nitrogens with one attached hydrogen (secondary N) is 2. The molecule has 0 unspecified atom stereocenters. The highest BCUT2D eigenvalue weighted by molar-refractivity contribution is 7.99. The molecule has 5 nitrogen and oxygen atoms in total. The standard InChI is InChI=1S/C27H20N4OS/c32-27(31-21-9-11-22(12-10-21)33-23-13-16-28-17-14-23)19-5-7-20(8-6-19)30-26-15-18-29-25-4-2-1-3-24(25)26/h1-18H,(H,29,30)(H,31,32). The molecule has 0 bridgehead atoms. The molecule has 2 N–H and O–H groups in total. The van der Waals surface area contributed by atoms with Gasteiger partial charge in [-0.15, -0.1) is 0 Å². The third-order valence-corrected chi connectivity index (χ3v) is 6.09. The maximum absolute atomic E-state index is 12.7. The Morgan fingerprint density at radius 1 is 0.697 bits per heavy atom. The molecule has 0 saturated carbocycles. The highest BCUT2D eigenvalue weighted by Gasteiger charge is 2.08. The van der Waals surface area contributed by atoms with Crippen molar-refractivity contribution in [3.05, 3.63) is 115 Å². The Morgan fingerprint density at radius 2 is 1.39 bits per heavy atom. The van der Waals surface area contributed by atoms with Gasteiger partial charge in [-0.2, -0.15) is 0 Å². The Bertz CT molecular complexity index is 1380. The molecule has 0 aliphatic rings. The number of benzene rings is 3. The van der Waals surface area contributed by atoms with Crippen molar-refractivity contribution in [3.8, 4) is 0 Å². The summed E-state index contributed by atoms with van der Waals surface area (Å²) in [5, 5.41) is 7.42. The van der Waals surface area contributed by atoms with Gasteiger partial charge in [0.1, 0.15) is 0 Å². The Kier molecular flexibility index (Phi) is 5.99. The number of hydrogen-bond donors (Lipinski definition) is 2. The molecule has 5 aromatic rings. The molecule has 0 fully saturated rings. The summed E-state index contributed by atoms with van der Waals surface area (Å²) in [5.74, 6) is -0.148. The predicted molar refractivity (Wildman–Crippen MR) is 134 cm³/mol. The number of hydrogen-bond acceptors (Lipinski definition) is 5. The fourth-order valence-electron chi connectivity index (χ4n) is 3.42. The van der Waals surface area contributed by atoms with Gasteiger partial charge >= 0.3 is 0 Å². The molecule has 0 aliphatic carbocycles. The number of aromatic nitrogens is 2. The first-order chi connectivity index (χ1) is 16.2. The number of anilines is 3. The van der Waals surface area contributed by atoms with Gasteiger partial charge in [-0.25, -0.2) is 0 Å². The van der Waals surface area contributed by atoms with Crippen LogP contribution in [0.1, 0.15) is 10.4 Å². The monoisotopic (exact) mass is 448 g/mol. The molecule has 0 spiro atoms. The van der Waals surface area contributed by atoms with Crippen molar-refractivity contribution < 1.29 is 4.79 Å². The van der Waals surface area contributed by atoms with Crippen LogP contribution < -0.4 is 10.6 Å². The van der Waals surface area contributed by atoms with Crippen molar-refractivity contribution >= 4 is 45.6 Å². The molecule has 33 heavy (non-hydrogen) atoms. The second-order valence-electron chi connectivity index (χ2n) is 7.34. The third kappa shape index (κ3) is 5.02. The SMILES string of the molecule is O=C(Nc1ccc(Sc2ccncc2)cc1)c1ccc(Nc2ccnc3ccccc23)cc1. The zero-order valence-corrected chi connectivity index (χ0v) is 18.4. The number of fused-ring (bicyclic) bond motifs is 1. The van der Waals surface area contributed by atoms with Gasteiger partial charge in [0.2, 0.25) is 0 Å². The number of amides is 1. The van der Waals surface area contributed by atoms with Crippen LogP contribution in [-0.2, 0) is 0 Å². The lowest BCUT2D eigenvalue weighted by Crippen LogP contribution is -2.11. The van der Waals surface area contributed by atoms with E-state index in [9.17, 15) is 4.79 Å². The van der Waals surface area contributed by atoms with Gasteiger partial charge in [0.05, 0.1) is 5.52 Å². The second kappa shape index (κ2) is 9.54. The van der Waals surface area contributed by atoms with E-state index in [0.29, 0.717) is 5.56 Å². The summed E-state index contributed by atoms with van der Waals surface area (Å²) in [5.41, 5.74) is 4.16. The van der Waals surface area contributed by atoms with Gasteiger partial charge in [-0.3, -0.25) is 14.8 Å². The minimum Gasteiger partial charge on any atom is -0.355 e. The van der Waals surface area contributed by atoms with E-state index in [1.165, 1.54) is 0 Å². The number of pyridine rings is 2. The fraction of sp³-hybridized carbons (Fsp3) is 0. The van der Waals surface area contributed by atoms with Crippen LogP contribution in [0.3, 0.4) is 0 Å². The van der Waals surface area contributed by atoms with Crippen molar-refractivity contribution in [2.45, 2.75) is 9.79 Å². The molecule has 5 rings (SSSR count). The Morgan fingerprint density at radius 3 is 2.18 bits per heavy atom. The van der Waals surface area contributed by atoms with Crippen LogP contribution in [0, 0.1) is 0 Å².